The van der Waals surface area contributed by atoms with Crippen molar-refractivity contribution in [1.29, 1.82) is 0 Å². The number of phenols is 2. The van der Waals surface area contributed by atoms with Gasteiger partial charge in [0.15, 0.2) is 24.7 Å². The van der Waals surface area contributed by atoms with Gasteiger partial charge in [0.2, 0.25) is 5.78 Å². The van der Waals surface area contributed by atoms with Crippen molar-refractivity contribution >= 4 is 17.5 Å². The number of likely N-dealkylation sites (N-methyl/N-ethyl adjacent to an activating group) is 1. The highest BCUT2D eigenvalue weighted by Gasteiger charge is 2.52. The van der Waals surface area contributed by atoms with Gasteiger partial charge in [0.25, 0.3) is 0 Å². The van der Waals surface area contributed by atoms with Crippen LogP contribution in [0.15, 0.2) is 24.3 Å². The summed E-state index contributed by atoms with van der Waals surface area (Å²) in [7, 11) is 5.01. The van der Waals surface area contributed by atoms with E-state index in [1.807, 2.05) is 39.8 Å². The van der Waals surface area contributed by atoms with Gasteiger partial charge in [0.05, 0.1) is 60.5 Å². The number of ether oxygens (including phenoxy) is 7. The van der Waals surface area contributed by atoms with Crippen LogP contribution in [0.3, 0.4) is 0 Å². The summed E-state index contributed by atoms with van der Waals surface area (Å²) >= 11 is 0. The first-order valence-corrected chi connectivity index (χ1v) is 19.4. The topological polar surface area (TPSA) is 200 Å². The van der Waals surface area contributed by atoms with E-state index in [2.05, 4.69) is 0 Å². The van der Waals surface area contributed by atoms with Crippen LogP contribution < -0.4 is 0 Å². The Labute approximate surface area is 325 Å². The van der Waals surface area contributed by atoms with Crippen LogP contribution in [-0.4, -0.2) is 131 Å². The SMILES string of the molecule is COC(=O)[C@@H]1c2cc3c(c(O)c2[C@@H](O[C@H]2C[C@H](N(C)C)C(O[C@H]4CC[C@H](O[C@H]5CC[C@H](O)[C@H](C)O5)[C@H](C)O4)[C@H](C)O2)C[C@@]1(C)O)C(=O)c1c(O)cccc1C3=O. The second-order valence-corrected chi connectivity index (χ2v) is 16.2. The van der Waals surface area contributed by atoms with Crippen LogP contribution in [0.5, 0.6) is 11.5 Å². The van der Waals surface area contributed by atoms with E-state index in [-0.39, 0.29) is 64.2 Å². The van der Waals surface area contributed by atoms with Crippen LogP contribution in [0.2, 0.25) is 0 Å². The second-order valence-electron chi connectivity index (χ2n) is 16.2. The van der Waals surface area contributed by atoms with Crippen LogP contribution >= 0.6 is 0 Å². The normalized spacial score (nSPS) is 37.1. The zero-order valence-electron chi connectivity index (χ0n) is 32.8. The summed E-state index contributed by atoms with van der Waals surface area (Å²) in [4.78, 5) is 42.9. The summed E-state index contributed by atoms with van der Waals surface area (Å²) in [6.07, 6.45) is -2.58. The lowest BCUT2D eigenvalue weighted by atomic mass is 9.68. The third-order valence-corrected chi connectivity index (χ3v) is 12.1. The molecule has 3 saturated heterocycles. The van der Waals surface area contributed by atoms with Crippen LogP contribution in [-0.2, 0) is 38.0 Å². The summed E-state index contributed by atoms with van der Waals surface area (Å²) in [6.45, 7) is 7.09. The molecular formula is C41H53NO14. The number of nitrogens with zero attached hydrogens (tertiary/aromatic N) is 1. The molecule has 0 bridgehead atoms. The van der Waals surface area contributed by atoms with Crippen molar-refractivity contribution in [1.82, 2.24) is 4.90 Å². The average molecular weight is 784 g/mol. The van der Waals surface area contributed by atoms with Crippen molar-refractivity contribution in [2.24, 2.45) is 0 Å². The predicted molar refractivity (Wildman–Crippen MR) is 196 cm³/mol. The first kappa shape index (κ1) is 40.7. The minimum atomic E-state index is -1.77. The summed E-state index contributed by atoms with van der Waals surface area (Å²) < 4.78 is 43.1. The molecule has 2 aliphatic carbocycles. The highest BCUT2D eigenvalue weighted by Crippen LogP contribution is 2.53. The first-order chi connectivity index (χ1) is 26.5. The molecule has 56 heavy (non-hydrogen) atoms. The van der Waals surface area contributed by atoms with Gasteiger partial charge in [-0.1, -0.05) is 12.1 Å². The van der Waals surface area contributed by atoms with Crippen molar-refractivity contribution in [3.05, 3.63) is 57.6 Å². The molecule has 3 aliphatic heterocycles. The molecule has 7 rings (SSSR count). The van der Waals surface area contributed by atoms with Gasteiger partial charge in [0, 0.05) is 48.4 Å². The smallest absolute Gasteiger partial charge is 0.316 e. The number of phenolic OH excluding ortho intramolecular Hbond substituents is 2. The van der Waals surface area contributed by atoms with Gasteiger partial charge in [-0.15, -0.1) is 0 Å². The number of hydrogen-bond donors (Lipinski definition) is 4. The van der Waals surface area contributed by atoms with E-state index >= 15 is 0 Å². The number of esters is 1. The highest BCUT2D eigenvalue weighted by molar-refractivity contribution is 6.30. The number of carbonyl (C=O) groups excluding carboxylic acids is 3. The van der Waals surface area contributed by atoms with Gasteiger partial charge in [0.1, 0.15) is 23.5 Å². The van der Waals surface area contributed by atoms with E-state index in [0.29, 0.717) is 32.1 Å². The molecule has 0 aromatic heterocycles. The zero-order chi connectivity index (χ0) is 40.4. The lowest BCUT2D eigenvalue weighted by Gasteiger charge is -2.47. The minimum Gasteiger partial charge on any atom is -0.507 e. The van der Waals surface area contributed by atoms with Crippen LogP contribution in [0.4, 0.5) is 0 Å². The Hall–Kier alpha value is -3.51. The molecule has 1 unspecified atom stereocenters. The molecule has 5 aliphatic rings. The van der Waals surface area contributed by atoms with Crippen molar-refractivity contribution in [3.8, 4) is 11.5 Å². The molecule has 15 heteroatoms. The fourth-order valence-electron chi connectivity index (χ4n) is 9.09. The third kappa shape index (κ3) is 7.38. The Morgan fingerprint density at radius 2 is 1.54 bits per heavy atom. The lowest BCUT2D eigenvalue weighted by molar-refractivity contribution is -0.314. The van der Waals surface area contributed by atoms with E-state index < -0.39 is 83.8 Å². The number of aliphatic hydroxyl groups is 2. The molecule has 306 valence electrons. The van der Waals surface area contributed by atoms with Gasteiger partial charge >= 0.3 is 5.97 Å². The number of carbonyl (C=O) groups is 3. The Morgan fingerprint density at radius 3 is 2.21 bits per heavy atom. The number of methoxy groups -OCH3 is 1. The van der Waals surface area contributed by atoms with E-state index in [4.69, 9.17) is 33.2 Å². The van der Waals surface area contributed by atoms with Gasteiger partial charge < -0.3 is 58.5 Å². The summed E-state index contributed by atoms with van der Waals surface area (Å²) in [5.41, 5.74) is -2.41. The molecule has 2 aromatic rings. The van der Waals surface area contributed by atoms with Gasteiger partial charge in [-0.25, -0.2) is 0 Å². The van der Waals surface area contributed by atoms with Crippen molar-refractivity contribution in [2.45, 2.75) is 145 Å². The number of aliphatic hydroxyl groups excluding tert-OH is 1. The number of rotatable bonds is 8. The summed E-state index contributed by atoms with van der Waals surface area (Å²) in [5.74, 6) is -4.52. The average Bonchev–Trinajstić information content (AvgIpc) is 3.13. The molecule has 0 radical (unpaired) electrons. The van der Waals surface area contributed by atoms with Crippen molar-refractivity contribution in [3.63, 3.8) is 0 Å². The maximum Gasteiger partial charge on any atom is 0.316 e. The summed E-state index contributed by atoms with van der Waals surface area (Å²) in [5, 5.41) is 44.3. The zero-order valence-corrected chi connectivity index (χ0v) is 32.8. The Balaban J connectivity index is 1.11. The number of benzene rings is 2. The van der Waals surface area contributed by atoms with Crippen LogP contribution in [0.25, 0.3) is 0 Å². The first-order valence-electron chi connectivity index (χ1n) is 19.4. The molecule has 0 spiro atoms. The third-order valence-electron chi connectivity index (χ3n) is 12.1. The molecule has 0 amide bonds. The van der Waals surface area contributed by atoms with E-state index in [1.54, 1.807) is 0 Å². The summed E-state index contributed by atoms with van der Waals surface area (Å²) in [6, 6.07) is 5.23. The maximum absolute atomic E-state index is 13.9. The number of hydrogen-bond acceptors (Lipinski definition) is 15. The predicted octanol–water partition coefficient (Wildman–Crippen LogP) is 3.59. The van der Waals surface area contributed by atoms with E-state index in [0.717, 1.165) is 0 Å². The number of fused-ring (bicyclic) bond motifs is 3. The quantitative estimate of drug-likeness (QED) is 0.242. The molecular weight excluding hydrogens is 730 g/mol. The van der Waals surface area contributed by atoms with Crippen molar-refractivity contribution < 1.29 is 68.0 Å². The van der Waals surface area contributed by atoms with Crippen LogP contribution in [0.1, 0.15) is 121 Å². The monoisotopic (exact) mass is 783 g/mol. The highest BCUT2D eigenvalue weighted by atomic mass is 16.7. The standard InChI is InChI=1S/C41H53NO14/c1-18-25(43)11-13-29(51-18)54-27-12-14-30(52-19(27)2)56-39-20(3)53-31(16-24(39)42(5)6)55-28-17-41(4,49)35(40(48)50-7)22-15-23-34(38(47)33(22)28)37(46)32-21(36(23)45)9-8-10-26(32)44/h8-10,15,18-20,24-25,27-31,35,39,43-44,47,49H,11-14,16-17H2,1-7H3/t18-,19-,20-,24-,25-,27-,28-,29-,30-,31-,35-,39?,41+/m0/s1. The fraction of sp³-hybridized carbons (Fsp3) is 0.634. The maximum atomic E-state index is 13.9. The molecule has 3 heterocycles. The van der Waals surface area contributed by atoms with E-state index in [1.165, 1.54) is 38.3 Å². The largest absolute Gasteiger partial charge is 0.507 e. The Bertz CT molecular complexity index is 1850. The molecule has 0 saturated carbocycles. The molecule has 15 nitrogen and oxygen atoms in total. The van der Waals surface area contributed by atoms with Crippen molar-refractivity contribution in [2.75, 3.05) is 21.2 Å². The Morgan fingerprint density at radius 1 is 0.857 bits per heavy atom. The molecule has 3 fully saturated rings. The molecule has 2 aromatic carbocycles. The van der Waals surface area contributed by atoms with Gasteiger partial charge in [-0.05, 0) is 72.3 Å². The van der Waals surface area contributed by atoms with Gasteiger partial charge in [-0.3, -0.25) is 14.4 Å². The lowest BCUT2D eigenvalue weighted by Crippen LogP contribution is -2.57. The fourth-order valence-corrected chi connectivity index (χ4v) is 9.09. The number of ketones is 2. The Kier molecular flexibility index (Phi) is 11.4. The minimum absolute atomic E-state index is 0.0468. The van der Waals surface area contributed by atoms with Gasteiger partial charge in [-0.2, -0.15) is 0 Å². The molecule has 4 N–H and O–H groups in total. The second kappa shape index (κ2) is 15.7. The van der Waals surface area contributed by atoms with Crippen LogP contribution in [0, 0.1) is 0 Å². The van der Waals surface area contributed by atoms with E-state index in [9.17, 15) is 34.8 Å². The molecule has 13 atom stereocenters. The number of aromatic hydroxyl groups is 2.